The molecule has 6 heteroatoms. The standard InChI is InChI=1S/C16H22N2O2S2/c1-16(2,3)22-14-10-18-15(21-14)17-9-11-6-7-12(19-4)8-13(11)20-5/h6-8,10H,9H2,1-5H3,(H,17,18). The molecule has 0 bridgehead atoms. The van der Waals surface area contributed by atoms with Crippen LogP contribution in [0.4, 0.5) is 5.13 Å². The summed E-state index contributed by atoms with van der Waals surface area (Å²) in [5.41, 5.74) is 1.07. The zero-order chi connectivity index (χ0) is 16.2. The quantitative estimate of drug-likeness (QED) is 0.776. The molecule has 0 radical (unpaired) electrons. The molecule has 0 saturated carbocycles. The minimum Gasteiger partial charge on any atom is -0.497 e. The fourth-order valence-electron chi connectivity index (χ4n) is 1.86. The molecule has 0 amide bonds. The number of methoxy groups -OCH3 is 2. The van der Waals surface area contributed by atoms with E-state index >= 15 is 0 Å². The van der Waals surface area contributed by atoms with Crippen LogP contribution < -0.4 is 14.8 Å². The third-order valence-corrected chi connectivity index (χ3v) is 4.98. The van der Waals surface area contributed by atoms with Crippen molar-refractivity contribution in [2.45, 2.75) is 36.3 Å². The van der Waals surface area contributed by atoms with Crippen molar-refractivity contribution in [1.29, 1.82) is 0 Å². The zero-order valence-corrected chi connectivity index (χ0v) is 15.2. The predicted molar refractivity (Wildman–Crippen MR) is 94.6 cm³/mol. The first-order chi connectivity index (χ1) is 10.4. The van der Waals surface area contributed by atoms with Crippen molar-refractivity contribution in [3.63, 3.8) is 0 Å². The maximum atomic E-state index is 5.41. The molecule has 2 aromatic rings. The molecule has 0 fully saturated rings. The zero-order valence-electron chi connectivity index (χ0n) is 13.6. The van der Waals surface area contributed by atoms with Crippen LogP contribution in [0, 0.1) is 0 Å². The van der Waals surface area contributed by atoms with Gasteiger partial charge in [-0.1, -0.05) is 32.1 Å². The Labute approximate surface area is 140 Å². The fourth-order valence-corrected chi connectivity index (χ4v) is 4.27. The highest BCUT2D eigenvalue weighted by Crippen LogP contribution is 2.37. The van der Waals surface area contributed by atoms with Gasteiger partial charge in [0.05, 0.1) is 24.6 Å². The van der Waals surface area contributed by atoms with Gasteiger partial charge in [0, 0.05) is 22.9 Å². The number of nitrogens with zero attached hydrogens (tertiary/aromatic N) is 1. The monoisotopic (exact) mass is 338 g/mol. The van der Waals surface area contributed by atoms with Gasteiger partial charge in [-0.05, 0) is 12.1 Å². The van der Waals surface area contributed by atoms with Gasteiger partial charge in [0.1, 0.15) is 11.5 Å². The van der Waals surface area contributed by atoms with Gasteiger partial charge in [0.2, 0.25) is 0 Å². The van der Waals surface area contributed by atoms with E-state index in [1.54, 1.807) is 25.6 Å². The SMILES string of the molecule is COc1ccc(CNc2ncc(SC(C)(C)C)s2)c(OC)c1. The summed E-state index contributed by atoms with van der Waals surface area (Å²) in [6.07, 6.45) is 1.92. The molecular formula is C16H22N2O2S2. The summed E-state index contributed by atoms with van der Waals surface area (Å²) in [5, 5.41) is 4.27. The molecule has 120 valence electrons. The van der Waals surface area contributed by atoms with Crippen LogP contribution in [0.5, 0.6) is 11.5 Å². The van der Waals surface area contributed by atoms with E-state index in [9.17, 15) is 0 Å². The summed E-state index contributed by atoms with van der Waals surface area (Å²) in [7, 11) is 3.32. The van der Waals surface area contributed by atoms with Crippen LogP contribution in [-0.2, 0) is 6.54 Å². The summed E-state index contributed by atoms with van der Waals surface area (Å²) < 4.78 is 12.0. The van der Waals surface area contributed by atoms with E-state index < -0.39 is 0 Å². The van der Waals surface area contributed by atoms with Crippen LogP contribution in [0.3, 0.4) is 0 Å². The van der Waals surface area contributed by atoms with E-state index in [2.05, 4.69) is 31.1 Å². The summed E-state index contributed by atoms with van der Waals surface area (Å²) >= 11 is 3.51. The Morgan fingerprint density at radius 3 is 2.64 bits per heavy atom. The molecule has 0 aliphatic heterocycles. The molecule has 4 nitrogen and oxygen atoms in total. The number of nitrogens with one attached hydrogen (secondary N) is 1. The van der Waals surface area contributed by atoms with Gasteiger partial charge in [-0.15, -0.1) is 11.8 Å². The van der Waals surface area contributed by atoms with E-state index in [0.717, 1.165) is 22.2 Å². The third-order valence-electron chi connectivity index (χ3n) is 2.82. The molecule has 1 aromatic carbocycles. The van der Waals surface area contributed by atoms with E-state index in [1.807, 2.05) is 36.2 Å². The second-order valence-electron chi connectivity index (χ2n) is 5.73. The van der Waals surface area contributed by atoms with Crippen molar-refractivity contribution in [3.05, 3.63) is 30.0 Å². The molecule has 1 heterocycles. The smallest absolute Gasteiger partial charge is 0.183 e. The average molecular weight is 338 g/mol. The molecule has 2 rings (SSSR count). The van der Waals surface area contributed by atoms with Gasteiger partial charge in [-0.25, -0.2) is 4.98 Å². The Morgan fingerprint density at radius 1 is 1.23 bits per heavy atom. The Kier molecular flexibility index (Phi) is 5.58. The van der Waals surface area contributed by atoms with Crippen molar-refractivity contribution in [3.8, 4) is 11.5 Å². The first-order valence-corrected chi connectivity index (χ1v) is 8.64. The lowest BCUT2D eigenvalue weighted by Gasteiger charge is -2.15. The Hall–Kier alpha value is -1.40. The van der Waals surface area contributed by atoms with Crippen molar-refractivity contribution in [1.82, 2.24) is 4.98 Å². The molecule has 0 atom stereocenters. The number of ether oxygens (including phenoxy) is 2. The molecule has 1 N–H and O–H groups in total. The number of rotatable bonds is 6. The normalized spacial score (nSPS) is 11.3. The van der Waals surface area contributed by atoms with E-state index in [1.165, 1.54) is 4.21 Å². The summed E-state index contributed by atoms with van der Waals surface area (Å²) in [5.74, 6) is 1.60. The highest BCUT2D eigenvalue weighted by molar-refractivity contribution is 8.02. The molecule has 0 unspecified atom stereocenters. The molecular weight excluding hydrogens is 316 g/mol. The van der Waals surface area contributed by atoms with Crippen molar-refractivity contribution in [2.75, 3.05) is 19.5 Å². The van der Waals surface area contributed by atoms with Crippen molar-refractivity contribution in [2.24, 2.45) is 0 Å². The molecule has 0 spiro atoms. The maximum Gasteiger partial charge on any atom is 0.183 e. The minimum atomic E-state index is 0.197. The predicted octanol–water partition coefficient (Wildman–Crippen LogP) is 4.66. The molecule has 0 saturated heterocycles. The highest BCUT2D eigenvalue weighted by atomic mass is 32.2. The van der Waals surface area contributed by atoms with Crippen LogP contribution in [0.25, 0.3) is 0 Å². The van der Waals surface area contributed by atoms with Crippen molar-refractivity contribution >= 4 is 28.2 Å². The van der Waals surface area contributed by atoms with Crippen LogP contribution in [0.15, 0.2) is 28.6 Å². The topological polar surface area (TPSA) is 43.4 Å². The van der Waals surface area contributed by atoms with Crippen LogP contribution in [0.2, 0.25) is 0 Å². The van der Waals surface area contributed by atoms with Gasteiger partial charge >= 0.3 is 0 Å². The summed E-state index contributed by atoms with van der Waals surface area (Å²) in [6, 6.07) is 5.82. The van der Waals surface area contributed by atoms with E-state index in [4.69, 9.17) is 9.47 Å². The summed E-state index contributed by atoms with van der Waals surface area (Å²) in [6.45, 7) is 7.27. The highest BCUT2D eigenvalue weighted by Gasteiger charge is 2.14. The first-order valence-electron chi connectivity index (χ1n) is 7.01. The third kappa shape index (κ3) is 4.81. The van der Waals surface area contributed by atoms with E-state index in [0.29, 0.717) is 6.54 Å². The molecule has 1 aromatic heterocycles. The molecule has 0 aliphatic rings. The maximum absolute atomic E-state index is 5.41. The lowest BCUT2D eigenvalue weighted by molar-refractivity contribution is 0.391. The molecule has 0 aliphatic carbocycles. The Balaban J connectivity index is 2.01. The van der Waals surface area contributed by atoms with E-state index in [-0.39, 0.29) is 4.75 Å². The minimum absolute atomic E-state index is 0.197. The number of benzene rings is 1. The lowest BCUT2D eigenvalue weighted by Crippen LogP contribution is -2.05. The number of hydrogen-bond acceptors (Lipinski definition) is 6. The van der Waals surface area contributed by atoms with Gasteiger partial charge in [-0.2, -0.15) is 0 Å². The number of thioether (sulfide) groups is 1. The van der Waals surface area contributed by atoms with Gasteiger partial charge < -0.3 is 14.8 Å². The second-order valence-corrected chi connectivity index (χ2v) is 8.89. The number of hydrogen-bond donors (Lipinski definition) is 1. The van der Waals surface area contributed by atoms with Crippen LogP contribution >= 0.6 is 23.1 Å². The van der Waals surface area contributed by atoms with Gasteiger partial charge in [0.25, 0.3) is 0 Å². The second kappa shape index (κ2) is 7.24. The Bertz CT molecular complexity index is 621. The molecule has 22 heavy (non-hydrogen) atoms. The fraction of sp³-hybridized carbons (Fsp3) is 0.438. The van der Waals surface area contributed by atoms with Gasteiger partial charge in [-0.3, -0.25) is 0 Å². The Morgan fingerprint density at radius 2 is 2.00 bits per heavy atom. The number of anilines is 1. The number of thiazole rings is 1. The largest absolute Gasteiger partial charge is 0.497 e. The van der Waals surface area contributed by atoms with Crippen LogP contribution in [0.1, 0.15) is 26.3 Å². The van der Waals surface area contributed by atoms with Crippen LogP contribution in [-0.4, -0.2) is 24.0 Å². The lowest BCUT2D eigenvalue weighted by atomic mass is 10.2. The summed E-state index contributed by atoms with van der Waals surface area (Å²) in [4.78, 5) is 4.43. The number of aromatic nitrogens is 1. The first kappa shape index (κ1) is 17.0. The van der Waals surface area contributed by atoms with Crippen molar-refractivity contribution < 1.29 is 9.47 Å². The average Bonchev–Trinajstić information content (AvgIpc) is 2.90. The van der Waals surface area contributed by atoms with Gasteiger partial charge in [0.15, 0.2) is 5.13 Å².